The van der Waals surface area contributed by atoms with Crippen molar-refractivity contribution < 1.29 is 4.21 Å². The molecule has 0 aromatic heterocycles. The highest BCUT2D eigenvalue weighted by molar-refractivity contribution is 7.84. The Kier molecular flexibility index (Phi) is 2.15. The van der Waals surface area contributed by atoms with Gasteiger partial charge in [-0.1, -0.05) is 36.4 Å². The van der Waals surface area contributed by atoms with Gasteiger partial charge in [0.2, 0.25) is 0 Å². The molecule has 2 aromatic rings. The summed E-state index contributed by atoms with van der Waals surface area (Å²) in [7, 11) is -0.904. The van der Waals surface area contributed by atoms with Crippen LogP contribution in [-0.4, -0.2) is 10.5 Å². The topological polar surface area (TPSA) is 17.1 Å². The lowest BCUT2D eigenvalue weighted by Crippen LogP contribution is -1.88. The van der Waals surface area contributed by atoms with Gasteiger partial charge in [-0.25, -0.2) is 0 Å². The van der Waals surface area contributed by atoms with Crippen LogP contribution in [0, 0.1) is 0 Å². The van der Waals surface area contributed by atoms with Crippen LogP contribution in [0.5, 0.6) is 0 Å². The SMILES string of the molecule is C[S@@](=O)c1cccc2ccccc12. The molecule has 2 heteroatoms. The fourth-order valence-corrected chi connectivity index (χ4v) is 2.21. The highest BCUT2D eigenvalue weighted by Gasteiger charge is 2.01. The number of hydrogen-bond donors (Lipinski definition) is 0. The molecule has 2 aromatic carbocycles. The van der Waals surface area contributed by atoms with E-state index in [9.17, 15) is 4.21 Å². The van der Waals surface area contributed by atoms with Crippen LogP contribution in [-0.2, 0) is 10.8 Å². The fourth-order valence-electron chi connectivity index (χ4n) is 1.45. The summed E-state index contributed by atoms with van der Waals surface area (Å²) in [4.78, 5) is 0.915. The Hall–Kier alpha value is -1.15. The molecule has 0 radical (unpaired) electrons. The van der Waals surface area contributed by atoms with E-state index in [-0.39, 0.29) is 0 Å². The van der Waals surface area contributed by atoms with E-state index in [0.29, 0.717) is 0 Å². The Morgan fingerprint density at radius 3 is 2.46 bits per heavy atom. The first-order valence-corrected chi connectivity index (χ1v) is 5.66. The summed E-state index contributed by atoms with van der Waals surface area (Å²) in [6.45, 7) is 0. The molecule has 0 bridgehead atoms. The molecule has 0 unspecified atom stereocenters. The van der Waals surface area contributed by atoms with E-state index in [1.54, 1.807) is 6.26 Å². The lowest BCUT2D eigenvalue weighted by Gasteiger charge is -2.01. The van der Waals surface area contributed by atoms with Gasteiger partial charge >= 0.3 is 0 Å². The molecular weight excluding hydrogens is 180 g/mol. The van der Waals surface area contributed by atoms with Crippen LogP contribution in [0.3, 0.4) is 0 Å². The van der Waals surface area contributed by atoms with Crippen LogP contribution in [0.2, 0.25) is 0 Å². The molecule has 0 N–H and O–H groups in total. The molecule has 2 rings (SSSR count). The van der Waals surface area contributed by atoms with Gasteiger partial charge in [-0.15, -0.1) is 0 Å². The summed E-state index contributed by atoms with van der Waals surface area (Å²) < 4.78 is 11.4. The van der Waals surface area contributed by atoms with Crippen LogP contribution >= 0.6 is 0 Å². The average Bonchev–Trinajstić information content (AvgIpc) is 2.17. The second kappa shape index (κ2) is 3.30. The number of benzene rings is 2. The van der Waals surface area contributed by atoms with Crippen LogP contribution in [0.1, 0.15) is 0 Å². The first-order valence-electron chi connectivity index (χ1n) is 4.10. The zero-order valence-corrected chi connectivity index (χ0v) is 8.17. The van der Waals surface area contributed by atoms with Gasteiger partial charge in [0.25, 0.3) is 0 Å². The van der Waals surface area contributed by atoms with E-state index < -0.39 is 10.8 Å². The molecule has 66 valence electrons. The van der Waals surface area contributed by atoms with E-state index in [1.807, 2.05) is 42.5 Å². The van der Waals surface area contributed by atoms with Gasteiger partial charge < -0.3 is 0 Å². The van der Waals surface area contributed by atoms with E-state index in [1.165, 1.54) is 0 Å². The molecule has 13 heavy (non-hydrogen) atoms. The Bertz CT molecular complexity index is 457. The van der Waals surface area contributed by atoms with Crippen LogP contribution in [0.15, 0.2) is 47.4 Å². The van der Waals surface area contributed by atoms with Gasteiger partial charge in [-0.2, -0.15) is 0 Å². The Morgan fingerprint density at radius 1 is 1.00 bits per heavy atom. The quantitative estimate of drug-likeness (QED) is 0.675. The minimum absolute atomic E-state index is 0.904. The van der Waals surface area contributed by atoms with Crippen molar-refractivity contribution in [2.75, 3.05) is 6.26 Å². The van der Waals surface area contributed by atoms with Gasteiger partial charge in [0.05, 0.1) is 10.8 Å². The normalized spacial score (nSPS) is 13.0. The maximum absolute atomic E-state index is 11.4. The van der Waals surface area contributed by atoms with Crippen molar-refractivity contribution in [3.05, 3.63) is 42.5 Å². The second-order valence-corrected chi connectivity index (χ2v) is 4.28. The molecule has 0 amide bonds. The summed E-state index contributed by atoms with van der Waals surface area (Å²) in [5, 5.41) is 2.24. The summed E-state index contributed by atoms with van der Waals surface area (Å²) in [6.07, 6.45) is 1.71. The maximum Gasteiger partial charge on any atom is 0.0504 e. The summed E-state index contributed by atoms with van der Waals surface area (Å²) in [6, 6.07) is 13.9. The molecule has 0 aliphatic rings. The van der Waals surface area contributed by atoms with Crippen LogP contribution < -0.4 is 0 Å². The van der Waals surface area contributed by atoms with E-state index in [4.69, 9.17) is 0 Å². The smallest absolute Gasteiger partial charge is 0.0504 e. The van der Waals surface area contributed by atoms with Crippen molar-refractivity contribution in [3.8, 4) is 0 Å². The lowest BCUT2D eigenvalue weighted by molar-refractivity contribution is 0.687. The molecule has 0 saturated carbocycles. The van der Waals surface area contributed by atoms with Gasteiger partial charge in [-0.3, -0.25) is 4.21 Å². The Morgan fingerprint density at radius 2 is 1.69 bits per heavy atom. The first kappa shape index (κ1) is 8.45. The van der Waals surface area contributed by atoms with Gasteiger partial charge in [-0.05, 0) is 16.8 Å². The van der Waals surface area contributed by atoms with Gasteiger partial charge in [0.15, 0.2) is 0 Å². The van der Waals surface area contributed by atoms with Gasteiger partial charge in [0.1, 0.15) is 0 Å². The fraction of sp³-hybridized carbons (Fsp3) is 0.0909. The molecule has 0 fully saturated rings. The molecule has 0 aliphatic heterocycles. The Balaban J connectivity index is 2.83. The van der Waals surface area contributed by atoms with Gasteiger partial charge in [0, 0.05) is 11.2 Å². The molecule has 0 spiro atoms. The van der Waals surface area contributed by atoms with Crippen molar-refractivity contribution in [2.45, 2.75) is 4.90 Å². The molecule has 1 nitrogen and oxygen atoms in total. The van der Waals surface area contributed by atoms with E-state index >= 15 is 0 Å². The molecule has 1 atom stereocenters. The van der Waals surface area contributed by atoms with Crippen molar-refractivity contribution in [1.29, 1.82) is 0 Å². The monoisotopic (exact) mass is 190 g/mol. The Labute approximate surface area is 79.9 Å². The van der Waals surface area contributed by atoms with Crippen molar-refractivity contribution in [3.63, 3.8) is 0 Å². The maximum atomic E-state index is 11.4. The molecular formula is C11H10OS. The predicted molar refractivity (Wildman–Crippen MR) is 56.3 cm³/mol. The third kappa shape index (κ3) is 1.49. The summed E-state index contributed by atoms with van der Waals surface area (Å²) >= 11 is 0. The predicted octanol–water partition coefficient (Wildman–Crippen LogP) is 2.58. The largest absolute Gasteiger partial charge is 0.255 e. The van der Waals surface area contributed by atoms with Crippen LogP contribution in [0.4, 0.5) is 0 Å². The minimum atomic E-state index is -0.904. The zero-order valence-electron chi connectivity index (χ0n) is 7.36. The highest BCUT2D eigenvalue weighted by Crippen LogP contribution is 2.20. The third-order valence-electron chi connectivity index (χ3n) is 2.06. The van der Waals surface area contributed by atoms with Crippen molar-refractivity contribution in [2.24, 2.45) is 0 Å². The first-order chi connectivity index (χ1) is 6.29. The lowest BCUT2D eigenvalue weighted by atomic mass is 10.1. The number of hydrogen-bond acceptors (Lipinski definition) is 1. The zero-order chi connectivity index (χ0) is 9.26. The minimum Gasteiger partial charge on any atom is -0.255 e. The molecule has 0 heterocycles. The van der Waals surface area contributed by atoms with E-state index in [0.717, 1.165) is 15.7 Å². The van der Waals surface area contributed by atoms with E-state index in [2.05, 4.69) is 0 Å². The highest BCUT2D eigenvalue weighted by atomic mass is 32.2. The molecule has 0 aliphatic carbocycles. The second-order valence-electron chi connectivity index (χ2n) is 2.93. The van der Waals surface area contributed by atoms with Crippen molar-refractivity contribution in [1.82, 2.24) is 0 Å². The standard InChI is InChI=1S/C11H10OS/c1-13(12)11-8-4-6-9-5-2-3-7-10(9)11/h2-8H,1H3/t13-/m1/s1. The summed E-state index contributed by atoms with van der Waals surface area (Å²) in [5.74, 6) is 0. The average molecular weight is 190 g/mol. The third-order valence-corrected chi connectivity index (χ3v) is 3.03. The molecule has 0 saturated heterocycles. The summed E-state index contributed by atoms with van der Waals surface area (Å²) in [5.41, 5.74) is 0. The number of fused-ring (bicyclic) bond motifs is 1. The number of rotatable bonds is 1. The van der Waals surface area contributed by atoms with Crippen molar-refractivity contribution >= 4 is 21.6 Å². The van der Waals surface area contributed by atoms with Crippen LogP contribution in [0.25, 0.3) is 10.8 Å².